The Hall–Kier alpha value is -3.35. The summed E-state index contributed by atoms with van der Waals surface area (Å²) in [5.74, 6) is -1.07. The minimum Gasteiger partial charge on any atom is -0.495 e. The summed E-state index contributed by atoms with van der Waals surface area (Å²) in [6, 6.07) is 12.0. The number of amides is 2. The Morgan fingerprint density at radius 3 is 2.70 bits per heavy atom. The SMILES string of the molecule is COc1ccccc1NC(=O)C(=O)Nc1ccc2nc[nH]c2c1. The second-order valence-corrected chi connectivity index (χ2v) is 4.74. The number of nitrogens with one attached hydrogen (secondary N) is 3. The lowest BCUT2D eigenvalue weighted by Crippen LogP contribution is -2.29. The molecule has 0 aliphatic heterocycles. The molecule has 1 aromatic heterocycles. The number of aromatic nitrogens is 2. The molecule has 0 atom stereocenters. The van der Waals surface area contributed by atoms with Crippen molar-refractivity contribution in [3.8, 4) is 5.75 Å². The molecule has 3 rings (SSSR count). The molecule has 0 unspecified atom stereocenters. The minimum atomic E-state index is -0.779. The average Bonchev–Trinajstić information content (AvgIpc) is 3.03. The summed E-state index contributed by atoms with van der Waals surface area (Å²) in [6.07, 6.45) is 1.56. The number of imidazole rings is 1. The molecule has 0 bridgehead atoms. The number of rotatable bonds is 3. The maximum absolute atomic E-state index is 12.0. The van der Waals surface area contributed by atoms with E-state index in [4.69, 9.17) is 4.74 Å². The van der Waals surface area contributed by atoms with Gasteiger partial charge in [0.1, 0.15) is 5.75 Å². The zero-order valence-electron chi connectivity index (χ0n) is 12.3. The van der Waals surface area contributed by atoms with Crippen LogP contribution in [0.4, 0.5) is 11.4 Å². The molecule has 0 aliphatic carbocycles. The molecule has 116 valence electrons. The fraction of sp³-hybridized carbons (Fsp3) is 0.0625. The van der Waals surface area contributed by atoms with Crippen LogP contribution in [0, 0.1) is 0 Å². The van der Waals surface area contributed by atoms with Crippen LogP contribution in [0.15, 0.2) is 48.8 Å². The predicted octanol–water partition coefficient (Wildman–Crippen LogP) is 2.15. The highest BCUT2D eigenvalue weighted by atomic mass is 16.5. The van der Waals surface area contributed by atoms with Crippen LogP contribution in [0.5, 0.6) is 5.75 Å². The first-order chi connectivity index (χ1) is 11.2. The summed E-state index contributed by atoms with van der Waals surface area (Å²) in [5, 5.41) is 5.06. The molecule has 0 radical (unpaired) electrons. The number of carbonyl (C=O) groups excluding carboxylic acids is 2. The van der Waals surface area contributed by atoms with Crippen molar-refractivity contribution in [2.24, 2.45) is 0 Å². The summed E-state index contributed by atoms with van der Waals surface area (Å²) in [5.41, 5.74) is 2.48. The van der Waals surface area contributed by atoms with E-state index in [1.54, 1.807) is 48.8 Å². The number of carbonyl (C=O) groups is 2. The lowest BCUT2D eigenvalue weighted by atomic mass is 10.2. The number of benzene rings is 2. The van der Waals surface area contributed by atoms with Crippen molar-refractivity contribution in [1.29, 1.82) is 0 Å². The fourth-order valence-corrected chi connectivity index (χ4v) is 2.13. The number of methoxy groups -OCH3 is 1. The van der Waals surface area contributed by atoms with Crippen molar-refractivity contribution >= 4 is 34.2 Å². The topological polar surface area (TPSA) is 96.1 Å². The van der Waals surface area contributed by atoms with Crippen LogP contribution in [0.25, 0.3) is 11.0 Å². The highest BCUT2D eigenvalue weighted by Gasteiger charge is 2.16. The third-order valence-electron chi connectivity index (χ3n) is 3.24. The van der Waals surface area contributed by atoms with E-state index in [-0.39, 0.29) is 0 Å². The average molecular weight is 310 g/mol. The molecule has 7 heteroatoms. The van der Waals surface area contributed by atoms with E-state index in [1.165, 1.54) is 7.11 Å². The van der Waals surface area contributed by atoms with Crippen LogP contribution in [0.3, 0.4) is 0 Å². The zero-order chi connectivity index (χ0) is 16.2. The number of ether oxygens (including phenoxy) is 1. The van der Waals surface area contributed by atoms with Gasteiger partial charge in [0.2, 0.25) is 0 Å². The number of nitrogens with zero attached hydrogens (tertiary/aromatic N) is 1. The van der Waals surface area contributed by atoms with Crippen LogP contribution in [0.1, 0.15) is 0 Å². The second kappa shape index (κ2) is 6.18. The van der Waals surface area contributed by atoms with Gasteiger partial charge in [-0.2, -0.15) is 0 Å². The Bertz CT molecular complexity index is 872. The van der Waals surface area contributed by atoms with Crippen LogP contribution in [-0.2, 0) is 9.59 Å². The Kier molecular flexibility index (Phi) is 3.92. The molecular formula is C16H14N4O3. The highest BCUT2D eigenvalue weighted by molar-refractivity contribution is 6.43. The molecule has 7 nitrogen and oxygen atoms in total. The molecule has 3 N–H and O–H groups in total. The summed E-state index contributed by atoms with van der Waals surface area (Å²) in [6.45, 7) is 0. The van der Waals surface area contributed by atoms with E-state index in [1.807, 2.05) is 0 Å². The monoisotopic (exact) mass is 310 g/mol. The molecule has 23 heavy (non-hydrogen) atoms. The van der Waals surface area contributed by atoms with E-state index in [9.17, 15) is 9.59 Å². The van der Waals surface area contributed by atoms with Gasteiger partial charge in [0.15, 0.2) is 0 Å². The minimum absolute atomic E-state index is 0.430. The predicted molar refractivity (Wildman–Crippen MR) is 86.3 cm³/mol. The molecule has 0 saturated heterocycles. The number of hydrogen-bond donors (Lipinski definition) is 3. The van der Waals surface area contributed by atoms with Crippen LogP contribution >= 0.6 is 0 Å². The second-order valence-electron chi connectivity index (χ2n) is 4.74. The third-order valence-corrected chi connectivity index (χ3v) is 3.24. The van der Waals surface area contributed by atoms with Gasteiger partial charge in [-0.3, -0.25) is 9.59 Å². The number of aromatic amines is 1. The van der Waals surface area contributed by atoms with Crippen molar-refractivity contribution in [3.05, 3.63) is 48.8 Å². The standard InChI is InChI=1S/C16H14N4O3/c1-23-14-5-3-2-4-12(14)20-16(22)15(21)19-10-6-7-11-13(8-10)18-9-17-11/h2-9H,1H3,(H,17,18)(H,19,21)(H,20,22). The zero-order valence-corrected chi connectivity index (χ0v) is 12.3. The number of fused-ring (bicyclic) bond motifs is 1. The number of hydrogen-bond acceptors (Lipinski definition) is 4. The van der Waals surface area contributed by atoms with Gasteiger partial charge in [-0.05, 0) is 30.3 Å². The van der Waals surface area contributed by atoms with Crippen molar-refractivity contribution in [2.75, 3.05) is 17.7 Å². The highest BCUT2D eigenvalue weighted by Crippen LogP contribution is 2.23. The molecule has 0 saturated carbocycles. The molecule has 3 aromatic rings. The number of para-hydroxylation sites is 2. The molecule has 2 aromatic carbocycles. The third kappa shape index (κ3) is 3.13. The van der Waals surface area contributed by atoms with Crippen molar-refractivity contribution in [3.63, 3.8) is 0 Å². The molecule has 0 aliphatic rings. The molecule has 0 spiro atoms. The van der Waals surface area contributed by atoms with Gasteiger partial charge in [-0.1, -0.05) is 12.1 Å². The summed E-state index contributed by atoms with van der Waals surface area (Å²) in [4.78, 5) is 31.0. The Balaban J connectivity index is 1.71. The van der Waals surface area contributed by atoms with Crippen LogP contribution < -0.4 is 15.4 Å². The van der Waals surface area contributed by atoms with Gasteiger partial charge in [-0.15, -0.1) is 0 Å². The summed E-state index contributed by atoms with van der Waals surface area (Å²) >= 11 is 0. The van der Waals surface area contributed by atoms with Crippen LogP contribution in [0.2, 0.25) is 0 Å². The first kappa shape index (κ1) is 14.6. The van der Waals surface area contributed by atoms with Gasteiger partial charge >= 0.3 is 11.8 Å². The van der Waals surface area contributed by atoms with E-state index in [2.05, 4.69) is 20.6 Å². The smallest absolute Gasteiger partial charge is 0.314 e. The largest absolute Gasteiger partial charge is 0.495 e. The Morgan fingerprint density at radius 2 is 1.87 bits per heavy atom. The van der Waals surface area contributed by atoms with Gasteiger partial charge in [0.25, 0.3) is 0 Å². The lowest BCUT2D eigenvalue weighted by Gasteiger charge is -2.10. The first-order valence-corrected chi connectivity index (χ1v) is 6.86. The molecule has 1 heterocycles. The molecule has 2 amide bonds. The first-order valence-electron chi connectivity index (χ1n) is 6.86. The summed E-state index contributed by atoms with van der Waals surface area (Å²) < 4.78 is 5.13. The van der Waals surface area contributed by atoms with Crippen molar-refractivity contribution in [1.82, 2.24) is 9.97 Å². The quantitative estimate of drug-likeness (QED) is 0.646. The number of H-pyrrole nitrogens is 1. The van der Waals surface area contributed by atoms with Crippen molar-refractivity contribution < 1.29 is 14.3 Å². The van der Waals surface area contributed by atoms with Crippen LogP contribution in [-0.4, -0.2) is 28.9 Å². The molecular weight excluding hydrogens is 296 g/mol. The van der Waals surface area contributed by atoms with Gasteiger partial charge in [0, 0.05) is 5.69 Å². The summed E-state index contributed by atoms with van der Waals surface area (Å²) in [7, 11) is 1.49. The maximum Gasteiger partial charge on any atom is 0.314 e. The van der Waals surface area contributed by atoms with Crippen molar-refractivity contribution in [2.45, 2.75) is 0 Å². The molecule has 0 fully saturated rings. The van der Waals surface area contributed by atoms with E-state index in [0.717, 1.165) is 11.0 Å². The van der Waals surface area contributed by atoms with Gasteiger partial charge in [-0.25, -0.2) is 4.98 Å². The number of anilines is 2. The maximum atomic E-state index is 12.0. The van der Waals surface area contributed by atoms with E-state index < -0.39 is 11.8 Å². The van der Waals surface area contributed by atoms with Gasteiger partial charge < -0.3 is 20.4 Å². The Labute approximate surface area is 131 Å². The Morgan fingerprint density at radius 1 is 1.09 bits per heavy atom. The van der Waals surface area contributed by atoms with E-state index >= 15 is 0 Å². The normalized spacial score (nSPS) is 10.3. The van der Waals surface area contributed by atoms with E-state index in [0.29, 0.717) is 17.1 Å². The lowest BCUT2D eigenvalue weighted by molar-refractivity contribution is -0.133. The fourth-order valence-electron chi connectivity index (χ4n) is 2.13. The van der Waals surface area contributed by atoms with Gasteiger partial charge in [0.05, 0.1) is 30.2 Å².